The van der Waals surface area contributed by atoms with E-state index in [0.717, 1.165) is 37.5 Å². The highest BCUT2D eigenvalue weighted by Crippen LogP contribution is 2.29. The van der Waals surface area contributed by atoms with Crippen LogP contribution in [0.25, 0.3) is 0 Å². The average Bonchev–Trinajstić information content (AvgIpc) is 2.55. The molecule has 22 heavy (non-hydrogen) atoms. The fraction of sp³-hybridized carbons (Fsp3) is 0.588. The Labute approximate surface area is 136 Å². The quantitative estimate of drug-likeness (QED) is 0.919. The van der Waals surface area contributed by atoms with E-state index < -0.39 is 0 Å². The van der Waals surface area contributed by atoms with Crippen LogP contribution in [-0.2, 0) is 16.1 Å². The third kappa shape index (κ3) is 4.03. The largest absolute Gasteiger partial charge is 0.380 e. The molecule has 0 aromatic heterocycles. The van der Waals surface area contributed by atoms with E-state index in [1.165, 1.54) is 5.56 Å². The van der Waals surface area contributed by atoms with Gasteiger partial charge < -0.3 is 10.1 Å². The summed E-state index contributed by atoms with van der Waals surface area (Å²) in [5.74, 6) is 1.22. The standard InChI is InChI=1S/C17H24N2O2S/c1-13-2-4-14(5-3-13)10-18-17(20)11-19-7-9-22-16-12-21-8-6-15(16)19/h2-5,15-16H,6-12H2,1H3,(H,18,20)/t15-,16-/m1/s1. The summed E-state index contributed by atoms with van der Waals surface area (Å²) in [6.45, 7) is 5.84. The topological polar surface area (TPSA) is 41.6 Å². The highest BCUT2D eigenvalue weighted by molar-refractivity contribution is 8.00. The molecule has 0 unspecified atom stereocenters. The van der Waals surface area contributed by atoms with E-state index in [2.05, 4.69) is 41.4 Å². The van der Waals surface area contributed by atoms with E-state index in [1.807, 2.05) is 11.8 Å². The van der Waals surface area contributed by atoms with Crippen molar-refractivity contribution in [2.24, 2.45) is 0 Å². The molecule has 2 aliphatic rings. The summed E-state index contributed by atoms with van der Waals surface area (Å²) in [6.07, 6.45) is 1.04. The van der Waals surface area contributed by atoms with Gasteiger partial charge in [0.1, 0.15) is 0 Å². The first-order chi connectivity index (χ1) is 10.7. The third-order valence-electron chi connectivity index (χ3n) is 4.41. The van der Waals surface area contributed by atoms with Crippen LogP contribution in [0.1, 0.15) is 17.5 Å². The molecule has 5 heteroatoms. The summed E-state index contributed by atoms with van der Waals surface area (Å²) < 4.78 is 5.56. The van der Waals surface area contributed by atoms with Crippen LogP contribution in [0, 0.1) is 6.92 Å². The predicted octanol–water partition coefficient (Wildman–Crippen LogP) is 1.82. The fourth-order valence-corrected chi connectivity index (χ4v) is 4.47. The molecule has 1 amide bonds. The number of hydrogen-bond donors (Lipinski definition) is 1. The summed E-state index contributed by atoms with van der Waals surface area (Å²) in [6, 6.07) is 8.80. The highest BCUT2D eigenvalue weighted by atomic mass is 32.2. The Morgan fingerprint density at radius 2 is 2.23 bits per heavy atom. The van der Waals surface area contributed by atoms with Gasteiger partial charge in [0.15, 0.2) is 0 Å². The Morgan fingerprint density at radius 1 is 1.41 bits per heavy atom. The molecule has 2 fully saturated rings. The van der Waals surface area contributed by atoms with Gasteiger partial charge in [-0.3, -0.25) is 9.69 Å². The first kappa shape index (κ1) is 15.8. The van der Waals surface area contributed by atoms with Gasteiger partial charge in [0, 0.05) is 36.7 Å². The van der Waals surface area contributed by atoms with Crippen molar-refractivity contribution in [3.05, 3.63) is 35.4 Å². The van der Waals surface area contributed by atoms with E-state index in [0.29, 0.717) is 24.4 Å². The summed E-state index contributed by atoms with van der Waals surface area (Å²) in [5.41, 5.74) is 2.39. The summed E-state index contributed by atoms with van der Waals surface area (Å²) in [5, 5.41) is 3.58. The molecule has 0 aliphatic carbocycles. The number of fused-ring (bicyclic) bond motifs is 1. The number of nitrogens with one attached hydrogen (secondary N) is 1. The van der Waals surface area contributed by atoms with Crippen LogP contribution < -0.4 is 5.32 Å². The summed E-state index contributed by atoms with van der Waals surface area (Å²) >= 11 is 1.99. The number of amides is 1. The number of rotatable bonds is 4. The molecule has 3 rings (SSSR count). The zero-order valence-electron chi connectivity index (χ0n) is 13.1. The SMILES string of the molecule is Cc1ccc(CNC(=O)CN2CCS[C@@H]3COCC[C@H]32)cc1. The molecule has 4 nitrogen and oxygen atoms in total. The normalized spacial score (nSPS) is 25.5. The third-order valence-corrected chi connectivity index (χ3v) is 5.70. The van der Waals surface area contributed by atoms with Crippen LogP contribution in [0.3, 0.4) is 0 Å². The molecule has 0 spiro atoms. The lowest BCUT2D eigenvalue weighted by Crippen LogP contribution is -2.54. The Hall–Kier alpha value is -1.04. The highest BCUT2D eigenvalue weighted by Gasteiger charge is 2.35. The number of aryl methyl sites for hydroxylation is 1. The van der Waals surface area contributed by atoms with Crippen molar-refractivity contribution in [1.82, 2.24) is 10.2 Å². The van der Waals surface area contributed by atoms with Crippen molar-refractivity contribution in [3.8, 4) is 0 Å². The van der Waals surface area contributed by atoms with Gasteiger partial charge in [0.25, 0.3) is 0 Å². The maximum Gasteiger partial charge on any atom is 0.234 e. The maximum atomic E-state index is 12.2. The van der Waals surface area contributed by atoms with Gasteiger partial charge in [0.05, 0.1) is 13.2 Å². The number of thioether (sulfide) groups is 1. The van der Waals surface area contributed by atoms with Crippen LogP contribution in [-0.4, -0.2) is 54.2 Å². The van der Waals surface area contributed by atoms with Crippen LogP contribution in [0.15, 0.2) is 24.3 Å². The van der Waals surface area contributed by atoms with Crippen molar-refractivity contribution in [2.75, 3.05) is 32.1 Å². The molecule has 0 saturated carbocycles. The number of hydrogen-bond acceptors (Lipinski definition) is 4. The van der Waals surface area contributed by atoms with E-state index in [1.54, 1.807) is 0 Å². The second kappa shape index (κ2) is 7.49. The van der Waals surface area contributed by atoms with Gasteiger partial charge in [-0.05, 0) is 18.9 Å². The van der Waals surface area contributed by atoms with Gasteiger partial charge in [0.2, 0.25) is 5.91 Å². The Morgan fingerprint density at radius 3 is 3.05 bits per heavy atom. The molecule has 1 aromatic rings. The molecule has 0 bridgehead atoms. The van der Waals surface area contributed by atoms with Crippen LogP contribution in [0.4, 0.5) is 0 Å². The molecule has 120 valence electrons. The van der Waals surface area contributed by atoms with E-state index >= 15 is 0 Å². The number of carbonyl (C=O) groups is 1. The lowest BCUT2D eigenvalue weighted by atomic mass is 10.1. The Balaban J connectivity index is 1.49. The second-order valence-electron chi connectivity index (χ2n) is 6.07. The minimum atomic E-state index is 0.123. The second-order valence-corrected chi connectivity index (χ2v) is 7.42. The van der Waals surface area contributed by atoms with Crippen LogP contribution >= 0.6 is 11.8 Å². The zero-order valence-corrected chi connectivity index (χ0v) is 13.9. The van der Waals surface area contributed by atoms with E-state index in [-0.39, 0.29) is 5.91 Å². The van der Waals surface area contributed by atoms with Crippen molar-refractivity contribution >= 4 is 17.7 Å². The van der Waals surface area contributed by atoms with Gasteiger partial charge in [-0.25, -0.2) is 0 Å². The van der Waals surface area contributed by atoms with Gasteiger partial charge in [-0.1, -0.05) is 29.8 Å². The molecule has 2 saturated heterocycles. The smallest absolute Gasteiger partial charge is 0.234 e. The molecule has 2 aliphatic heterocycles. The fourth-order valence-electron chi connectivity index (χ4n) is 3.11. The van der Waals surface area contributed by atoms with Gasteiger partial charge >= 0.3 is 0 Å². The van der Waals surface area contributed by atoms with Crippen LogP contribution in [0.2, 0.25) is 0 Å². The average molecular weight is 320 g/mol. The zero-order chi connectivity index (χ0) is 15.4. The molecular formula is C17H24N2O2S. The van der Waals surface area contributed by atoms with Crippen molar-refractivity contribution in [3.63, 3.8) is 0 Å². The molecule has 1 N–H and O–H groups in total. The number of ether oxygens (including phenoxy) is 1. The minimum Gasteiger partial charge on any atom is -0.380 e. The lowest BCUT2D eigenvalue weighted by molar-refractivity contribution is -0.123. The molecule has 1 aromatic carbocycles. The van der Waals surface area contributed by atoms with Crippen molar-refractivity contribution in [2.45, 2.75) is 31.2 Å². The molecule has 2 atom stereocenters. The van der Waals surface area contributed by atoms with Gasteiger partial charge in [-0.2, -0.15) is 11.8 Å². The predicted molar refractivity (Wildman–Crippen MR) is 90.1 cm³/mol. The Kier molecular flexibility index (Phi) is 5.39. The first-order valence-corrected chi connectivity index (χ1v) is 9.03. The van der Waals surface area contributed by atoms with Crippen molar-refractivity contribution < 1.29 is 9.53 Å². The number of benzene rings is 1. The van der Waals surface area contributed by atoms with Crippen LogP contribution in [0.5, 0.6) is 0 Å². The minimum absolute atomic E-state index is 0.123. The lowest BCUT2D eigenvalue weighted by Gasteiger charge is -2.43. The number of nitrogens with zero attached hydrogens (tertiary/aromatic N) is 1. The summed E-state index contributed by atoms with van der Waals surface area (Å²) in [4.78, 5) is 14.6. The first-order valence-electron chi connectivity index (χ1n) is 7.98. The van der Waals surface area contributed by atoms with Crippen molar-refractivity contribution in [1.29, 1.82) is 0 Å². The molecule has 0 radical (unpaired) electrons. The van der Waals surface area contributed by atoms with E-state index in [9.17, 15) is 4.79 Å². The van der Waals surface area contributed by atoms with E-state index in [4.69, 9.17) is 4.74 Å². The Bertz CT molecular complexity index is 504. The summed E-state index contributed by atoms with van der Waals surface area (Å²) in [7, 11) is 0. The molecule has 2 heterocycles. The van der Waals surface area contributed by atoms with Gasteiger partial charge in [-0.15, -0.1) is 0 Å². The monoisotopic (exact) mass is 320 g/mol. The molecular weight excluding hydrogens is 296 g/mol. The maximum absolute atomic E-state index is 12.2. The number of carbonyl (C=O) groups excluding carboxylic acids is 1.